The SMILES string of the molecule is O=C(O)C1=C(C(=O)N(Oc2ccc(Cl)cc2)c2ccccc2)CCC1. The fourth-order valence-electron chi connectivity index (χ4n) is 2.71. The minimum Gasteiger partial charge on any atom is -0.478 e. The third-order valence-corrected chi connectivity index (χ3v) is 4.17. The molecular formula is C19H16ClNO4. The average molecular weight is 358 g/mol. The number of rotatable bonds is 5. The van der Waals surface area contributed by atoms with E-state index in [1.54, 1.807) is 48.5 Å². The van der Waals surface area contributed by atoms with Gasteiger partial charge in [-0.15, -0.1) is 5.06 Å². The number of hydrogen-bond donors (Lipinski definition) is 1. The Morgan fingerprint density at radius 2 is 1.60 bits per heavy atom. The van der Waals surface area contributed by atoms with Crippen molar-refractivity contribution in [2.75, 3.05) is 5.06 Å². The van der Waals surface area contributed by atoms with Crippen molar-refractivity contribution in [3.05, 3.63) is 70.8 Å². The molecule has 5 nitrogen and oxygen atoms in total. The monoisotopic (exact) mass is 357 g/mol. The molecule has 0 fully saturated rings. The van der Waals surface area contributed by atoms with Crippen LogP contribution < -0.4 is 9.90 Å². The van der Waals surface area contributed by atoms with Crippen LogP contribution in [0, 0.1) is 0 Å². The molecule has 128 valence electrons. The summed E-state index contributed by atoms with van der Waals surface area (Å²) in [5, 5.41) is 11.0. The van der Waals surface area contributed by atoms with E-state index >= 15 is 0 Å². The molecule has 25 heavy (non-hydrogen) atoms. The van der Waals surface area contributed by atoms with Gasteiger partial charge >= 0.3 is 5.97 Å². The highest BCUT2D eigenvalue weighted by atomic mass is 35.5. The lowest BCUT2D eigenvalue weighted by molar-refractivity contribution is -0.133. The van der Waals surface area contributed by atoms with Gasteiger partial charge in [-0.25, -0.2) is 4.79 Å². The molecule has 1 N–H and O–H groups in total. The average Bonchev–Trinajstić information content (AvgIpc) is 3.11. The zero-order valence-electron chi connectivity index (χ0n) is 13.3. The van der Waals surface area contributed by atoms with E-state index in [0.717, 1.165) is 5.06 Å². The molecule has 1 aliphatic rings. The van der Waals surface area contributed by atoms with Crippen LogP contribution in [0.2, 0.25) is 5.02 Å². The highest BCUT2D eigenvalue weighted by molar-refractivity contribution is 6.30. The number of hydrogen-bond acceptors (Lipinski definition) is 3. The predicted molar refractivity (Wildman–Crippen MR) is 94.5 cm³/mol. The van der Waals surface area contributed by atoms with Gasteiger partial charge in [-0.05, 0) is 55.7 Å². The van der Waals surface area contributed by atoms with Crippen LogP contribution >= 0.6 is 11.6 Å². The lowest BCUT2D eigenvalue weighted by atomic mass is 10.1. The molecule has 2 aromatic carbocycles. The molecule has 0 bridgehead atoms. The van der Waals surface area contributed by atoms with Crippen LogP contribution in [0.4, 0.5) is 5.69 Å². The molecule has 0 radical (unpaired) electrons. The van der Waals surface area contributed by atoms with Gasteiger partial charge in [0, 0.05) is 16.2 Å². The van der Waals surface area contributed by atoms with Crippen LogP contribution in [0.15, 0.2) is 65.7 Å². The molecule has 2 aromatic rings. The Labute approximate surface area is 150 Å². The van der Waals surface area contributed by atoms with Gasteiger partial charge in [0.15, 0.2) is 5.75 Å². The number of halogens is 1. The second-order valence-electron chi connectivity index (χ2n) is 5.60. The Morgan fingerprint density at radius 3 is 2.24 bits per heavy atom. The van der Waals surface area contributed by atoms with Crippen molar-refractivity contribution >= 4 is 29.2 Å². The molecule has 1 aliphatic carbocycles. The normalized spacial score (nSPS) is 13.6. The van der Waals surface area contributed by atoms with Crippen molar-refractivity contribution in [2.24, 2.45) is 0 Å². The van der Waals surface area contributed by atoms with Gasteiger partial charge in [0.05, 0.1) is 5.69 Å². The third-order valence-electron chi connectivity index (χ3n) is 3.92. The topological polar surface area (TPSA) is 66.8 Å². The van der Waals surface area contributed by atoms with Gasteiger partial charge in [0.1, 0.15) is 0 Å². The summed E-state index contributed by atoms with van der Waals surface area (Å²) < 4.78 is 0. The maximum Gasteiger partial charge on any atom is 0.332 e. The maximum atomic E-state index is 13.0. The minimum absolute atomic E-state index is 0.158. The summed E-state index contributed by atoms with van der Waals surface area (Å²) in [7, 11) is 0. The third kappa shape index (κ3) is 3.83. The van der Waals surface area contributed by atoms with Crippen LogP contribution in [0.1, 0.15) is 19.3 Å². The number of nitrogens with zero attached hydrogens (tertiary/aromatic N) is 1. The summed E-state index contributed by atoms with van der Waals surface area (Å²) in [4.78, 5) is 30.1. The van der Waals surface area contributed by atoms with Crippen LogP contribution in [0.3, 0.4) is 0 Å². The summed E-state index contributed by atoms with van der Waals surface area (Å²) in [5.74, 6) is -1.09. The summed E-state index contributed by atoms with van der Waals surface area (Å²) in [6.07, 6.45) is 1.46. The molecule has 0 unspecified atom stereocenters. The Balaban J connectivity index is 1.96. The summed E-state index contributed by atoms with van der Waals surface area (Å²) in [6.45, 7) is 0. The lowest BCUT2D eigenvalue weighted by Crippen LogP contribution is -2.35. The number of para-hydroxylation sites is 1. The van der Waals surface area contributed by atoms with E-state index in [2.05, 4.69) is 0 Å². The zero-order chi connectivity index (χ0) is 17.8. The van der Waals surface area contributed by atoms with Crippen LogP contribution in [0.5, 0.6) is 5.75 Å². The van der Waals surface area contributed by atoms with Crippen molar-refractivity contribution in [3.8, 4) is 5.75 Å². The quantitative estimate of drug-likeness (QED) is 0.813. The van der Waals surface area contributed by atoms with Crippen molar-refractivity contribution in [3.63, 3.8) is 0 Å². The van der Waals surface area contributed by atoms with Crippen molar-refractivity contribution in [2.45, 2.75) is 19.3 Å². The zero-order valence-corrected chi connectivity index (χ0v) is 14.1. The minimum atomic E-state index is -1.06. The number of carboxylic acid groups (broad SMARTS) is 1. The Morgan fingerprint density at radius 1 is 0.960 bits per heavy atom. The first-order valence-corrected chi connectivity index (χ1v) is 8.22. The van der Waals surface area contributed by atoms with E-state index in [-0.39, 0.29) is 11.1 Å². The lowest BCUT2D eigenvalue weighted by Gasteiger charge is -2.23. The van der Waals surface area contributed by atoms with E-state index in [0.29, 0.717) is 35.7 Å². The van der Waals surface area contributed by atoms with Gasteiger partial charge in [-0.2, -0.15) is 0 Å². The van der Waals surface area contributed by atoms with Gasteiger partial charge in [-0.1, -0.05) is 29.8 Å². The first-order chi connectivity index (χ1) is 12.1. The molecule has 1 amide bonds. The van der Waals surface area contributed by atoms with E-state index in [1.807, 2.05) is 6.07 Å². The second-order valence-corrected chi connectivity index (χ2v) is 6.03. The van der Waals surface area contributed by atoms with Gasteiger partial charge in [0.25, 0.3) is 5.91 Å². The van der Waals surface area contributed by atoms with Crippen LogP contribution in [-0.2, 0) is 9.59 Å². The maximum absolute atomic E-state index is 13.0. The molecule has 0 atom stereocenters. The largest absolute Gasteiger partial charge is 0.478 e. The number of aliphatic carboxylic acids is 1. The Hall–Kier alpha value is -2.79. The smallest absolute Gasteiger partial charge is 0.332 e. The number of carbonyl (C=O) groups is 2. The van der Waals surface area contributed by atoms with E-state index in [4.69, 9.17) is 16.4 Å². The van der Waals surface area contributed by atoms with Crippen LogP contribution in [-0.4, -0.2) is 17.0 Å². The molecule has 0 aliphatic heterocycles. The highest BCUT2D eigenvalue weighted by Crippen LogP contribution is 2.30. The van der Waals surface area contributed by atoms with E-state index < -0.39 is 11.9 Å². The number of carboxylic acids is 1. The fraction of sp³-hybridized carbons (Fsp3) is 0.158. The summed E-state index contributed by atoms with van der Waals surface area (Å²) in [5.41, 5.74) is 0.961. The van der Waals surface area contributed by atoms with E-state index in [9.17, 15) is 14.7 Å². The molecule has 0 aromatic heterocycles. The number of amides is 1. The number of carbonyl (C=O) groups excluding carboxylic acids is 1. The Kier molecular flexibility index (Phi) is 5.05. The molecule has 6 heteroatoms. The molecule has 0 spiro atoms. The molecule has 0 saturated heterocycles. The fourth-order valence-corrected chi connectivity index (χ4v) is 2.84. The first-order valence-electron chi connectivity index (χ1n) is 7.84. The number of anilines is 1. The number of hydroxylamine groups is 1. The van der Waals surface area contributed by atoms with Gasteiger partial charge < -0.3 is 9.94 Å². The first kappa shape index (κ1) is 17.0. The Bertz CT molecular complexity index is 815. The molecule has 3 rings (SSSR count). The molecule has 0 saturated carbocycles. The van der Waals surface area contributed by atoms with Crippen molar-refractivity contribution < 1.29 is 19.5 Å². The summed E-state index contributed by atoms with van der Waals surface area (Å²) in [6, 6.07) is 15.4. The standard InChI is InChI=1S/C19H16ClNO4/c20-13-9-11-15(12-10-13)25-21(14-5-2-1-3-6-14)18(22)16-7-4-8-17(16)19(23)24/h1-3,5-6,9-12H,4,7-8H2,(H,23,24). The highest BCUT2D eigenvalue weighted by Gasteiger charge is 2.30. The second kappa shape index (κ2) is 7.40. The number of benzene rings is 2. The van der Waals surface area contributed by atoms with Crippen LogP contribution in [0.25, 0.3) is 0 Å². The van der Waals surface area contributed by atoms with Crippen molar-refractivity contribution in [1.29, 1.82) is 0 Å². The van der Waals surface area contributed by atoms with Crippen molar-refractivity contribution in [1.82, 2.24) is 0 Å². The van der Waals surface area contributed by atoms with E-state index in [1.165, 1.54) is 0 Å². The van der Waals surface area contributed by atoms with Gasteiger partial charge in [0.2, 0.25) is 0 Å². The predicted octanol–water partition coefficient (Wildman–Crippen LogP) is 4.23. The molecule has 0 heterocycles. The summed E-state index contributed by atoms with van der Waals surface area (Å²) >= 11 is 5.88. The molecular weight excluding hydrogens is 342 g/mol. The van der Waals surface area contributed by atoms with Gasteiger partial charge in [-0.3, -0.25) is 4.79 Å².